The second kappa shape index (κ2) is 15.1. The SMILES string of the molecule is COC(=O)C(c1cc(OCCCCN2CCCN(c3nccc(-c4noc([C@@]5(C)CCCc6sc(N)c(C#N)c65)n4)n3)[C@@H](C)C2)no1)C(C)C. The molecule has 1 saturated heterocycles. The molecule has 2 N–H and O–H groups in total. The van der Waals surface area contributed by atoms with Crippen LogP contribution in [0.1, 0.15) is 93.4 Å². The molecule has 0 radical (unpaired) electrons. The number of aromatic nitrogens is 5. The van der Waals surface area contributed by atoms with Crippen molar-refractivity contribution in [3.63, 3.8) is 0 Å². The Balaban J connectivity index is 1.03. The van der Waals surface area contributed by atoms with Crippen molar-refractivity contribution in [1.29, 1.82) is 5.26 Å². The number of unbranched alkanes of at least 4 members (excludes halogenated alkanes) is 1. The van der Waals surface area contributed by atoms with Gasteiger partial charge in [0.15, 0.2) is 5.76 Å². The van der Waals surface area contributed by atoms with Crippen LogP contribution in [0.5, 0.6) is 5.88 Å². The number of rotatable bonds is 12. The van der Waals surface area contributed by atoms with E-state index in [0.717, 1.165) is 75.1 Å². The summed E-state index contributed by atoms with van der Waals surface area (Å²) in [6.07, 6.45) is 7.17. The van der Waals surface area contributed by atoms with E-state index in [9.17, 15) is 10.1 Å². The third-order valence-electron chi connectivity index (χ3n) is 9.76. The topological polar surface area (TPSA) is 183 Å². The Hall–Kier alpha value is -4.55. The molecular formula is C35H45N9O5S. The smallest absolute Gasteiger partial charge is 0.316 e. The summed E-state index contributed by atoms with van der Waals surface area (Å²) >= 11 is 1.48. The fourth-order valence-electron chi connectivity index (χ4n) is 7.17. The molecule has 1 fully saturated rings. The van der Waals surface area contributed by atoms with Gasteiger partial charge in [0.1, 0.15) is 22.7 Å². The van der Waals surface area contributed by atoms with Gasteiger partial charge in [-0.25, -0.2) is 9.97 Å². The molecule has 0 saturated carbocycles. The molecule has 1 aliphatic carbocycles. The van der Waals surface area contributed by atoms with E-state index in [1.54, 1.807) is 18.3 Å². The highest BCUT2D eigenvalue weighted by Gasteiger charge is 2.43. The van der Waals surface area contributed by atoms with Crippen molar-refractivity contribution in [3.8, 4) is 23.5 Å². The molecule has 5 heterocycles. The lowest BCUT2D eigenvalue weighted by atomic mass is 9.72. The van der Waals surface area contributed by atoms with E-state index in [-0.39, 0.29) is 17.9 Å². The molecule has 50 heavy (non-hydrogen) atoms. The van der Waals surface area contributed by atoms with Crippen LogP contribution < -0.4 is 15.4 Å². The van der Waals surface area contributed by atoms with Crippen LogP contribution in [0.2, 0.25) is 0 Å². The highest BCUT2D eigenvalue weighted by atomic mass is 32.1. The van der Waals surface area contributed by atoms with Gasteiger partial charge in [-0.1, -0.05) is 19.0 Å². The van der Waals surface area contributed by atoms with Crippen molar-refractivity contribution < 1.29 is 23.3 Å². The second-order valence-electron chi connectivity index (χ2n) is 13.7. The predicted octanol–water partition coefficient (Wildman–Crippen LogP) is 5.34. The summed E-state index contributed by atoms with van der Waals surface area (Å²) < 4.78 is 22.0. The number of nitriles is 1. The van der Waals surface area contributed by atoms with Crippen molar-refractivity contribution in [2.45, 2.75) is 83.6 Å². The molecule has 1 unspecified atom stereocenters. The number of hydrogen-bond acceptors (Lipinski definition) is 15. The quantitative estimate of drug-likeness (QED) is 0.147. The van der Waals surface area contributed by atoms with E-state index in [1.807, 2.05) is 13.8 Å². The minimum atomic E-state index is -0.592. The lowest BCUT2D eigenvalue weighted by Crippen LogP contribution is -2.40. The summed E-state index contributed by atoms with van der Waals surface area (Å²) in [5.74, 6) is 1.48. The zero-order chi connectivity index (χ0) is 35.4. The van der Waals surface area contributed by atoms with Gasteiger partial charge >= 0.3 is 5.97 Å². The van der Waals surface area contributed by atoms with Crippen LogP contribution in [0.25, 0.3) is 11.5 Å². The standard InChI is InChI=1S/C35H45N9O5S/c1-21(2)28(32(45)46-5)25-18-27(41-48-25)47-17-7-6-14-43-15-9-16-44(22(3)20-43)34-38-13-11-24(39-34)31-40-33(49-42-31)35(4)12-8-10-26-29(35)23(19-36)30(37)50-26/h11,13,18,21-22,28H,6-10,12,14-17,20,37H2,1-5H3/t22-,28?,35-/m0/s1. The molecule has 4 aromatic heterocycles. The van der Waals surface area contributed by atoms with E-state index in [4.69, 9.17) is 34.2 Å². The number of nitrogens with two attached hydrogens (primary N) is 1. The van der Waals surface area contributed by atoms with Crippen LogP contribution in [0.4, 0.5) is 10.9 Å². The average molecular weight is 704 g/mol. The maximum absolute atomic E-state index is 12.2. The molecule has 4 aromatic rings. The highest BCUT2D eigenvalue weighted by molar-refractivity contribution is 7.16. The van der Waals surface area contributed by atoms with Crippen molar-refractivity contribution in [3.05, 3.63) is 46.0 Å². The normalized spacial score (nSPS) is 20.3. The third kappa shape index (κ3) is 7.18. The fraction of sp³-hybridized carbons (Fsp3) is 0.571. The summed E-state index contributed by atoms with van der Waals surface area (Å²) in [6, 6.07) is 5.97. The fourth-order valence-corrected chi connectivity index (χ4v) is 8.36. The summed E-state index contributed by atoms with van der Waals surface area (Å²) in [5, 5.41) is 18.7. The summed E-state index contributed by atoms with van der Waals surface area (Å²) in [4.78, 5) is 32.3. The Morgan fingerprint density at radius 3 is 2.84 bits per heavy atom. The van der Waals surface area contributed by atoms with Gasteiger partial charge in [-0.2, -0.15) is 10.2 Å². The monoisotopic (exact) mass is 703 g/mol. The van der Waals surface area contributed by atoms with Crippen LogP contribution in [0, 0.1) is 17.2 Å². The largest absolute Gasteiger partial charge is 0.476 e. The van der Waals surface area contributed by atoms with Gasteiger partial charge in [0.25, 0.3) is 5.88 Å². The predicted molar refractivity (Wildman–Crippen MR) is 187 cm³/mol. The number of carbonyl (C=O) groups excluding carboxylic acids is 1. The number of anilines is 2. The van der Waals surface area contributed by atoms with Crippen molar-refractivity contribution in [2.24, 2.45) is 5.92 Å². The Kier molecular flexibility index (Phi) is 10.7. The lowest BCUT2D eigenvalue weighted by molar-refractivity contribution is -0.144. The van der Waals surface area contributed by atoms with Crippen molar-refractivity contribution in [1.82, 2.24) is 30.2 Å². The van der Waals surface area contributed by atoms with Gasteiger partial charge in [-0.05, 0) is 82.6 Å². The van der Waals surface area contributed by atoms with Crippen LogP contribution in [0.15, 0.2) is 27.4 Å². The number of carbonyl (C=O) groups is 1. The number of nitrogen functional groups attached to an aromatic ring is 1. The van der Waals surface area contributed by atoms with Crippen LogP contribution in [0.3, 0.4) is 0 Å². The first-order valence-electron chi connectivity index (χ1n) is 17.3. The van der Waals surface area contributed by atoms with Crippen molar-refractivity contribution >= 4 is 28.3 Å². The molecule has 0 amide bonds. The molecular weight excluding hydrogens is 659 g/mol. The maximum Gasteiger partial charge on any atom is 0.316 e. The maximum atomic E-state index is 12.2. The molecule has 3 atom stereocenters. The first kappa shape index (κ1) is 35.3. The Bertz CT molecular complexity index is 1830. The number of fused-ring (bicyclic) bond motifs is 1. The molecule has 0 aromatic carbocycles. The first-order valence-corrected chi connectivity index (χ1v) is 18.1. The zero-order valence-electron chi connectivity index (χ0n) is 29.3. The molecule has 2 aliphatic rings. The molecule has 266 valence electrons. The minimum absolute atomic E-state index is 0.0104. The van der Waals surface area contributed by atoms with E-state index in [1.165, 1.54) is 18.4 Å². The zero-order valence-corrected chi connectivity index (χ0v) is 30.2. The van der Waals surface area contributed by atoms with Gasteiger partial charge in [0.2, 0.25) is 17.7 Å². The molecule has 1 aliphatic heterocycles. The molecule has 0 spiro atoms. The van der Waals surface area contributed by atoms with Gasteiger partial charge in [-0.15, -0.1) is 11.3 Å². The number of hydrogen-bond donors (Lipinski definition) is 1. The van der Waals surface area contributed by atoms with Gasteiger partial charge in [0, 0.05) is 41.8 Å². The average Bonchev–Trinajstić information content (AvgIpc) is 3.83. The number of ether oxygens (including phenoxy) is 2. The van der Waals surface area contributed by atoms with Gasteiger partial charge in [0.05, 0.1) is 24.7 Å². The first-order chi connectivity index (χ1) is 24.1. The third-order valence-corrected chi connectivity index (χ3v) is 10.8. The molecule has 6 rings (SSSR count). The Labute approximate surface area is 295 Å². The number of nitrogens with zero attached hydrogens (tertiary/aromatic N) is 8. The molecule has 14 nitrogen and oxygen atoms in total. The van der Waals surface area contributed by atoms with E-state index in [0.29, 0.717) is 52.2 Å². The Morgan fingerprint density at radius 2 is 2.06 bits per heavy atom. The van der Waals surface area contributed by atoms with E-state index in [2.05, 4.69) is 45.0 Å². The lowest BCUT2D eigenvalue weighted by Gasteiger charge is -2.30. The van der Waals surface area contributed by atoms with Crippen LogP contribution in [-0.4, -0.2) is 82.1 Å². The van der Waals surface area contributed by atoms with Crippen LogP contribution in [-0.2, 0) is 21.4 Å². The van der Waals surface area contributed by atoms with Crippen molar-refractivity contribution in [2.75, 3.05) is 50.5 Å². The summed E-state index contributed by atoms with van der Waals surface area (Å²) in [6.45, 7) is 12.3. The number of methoxy groups -OCH3 is 1. The second-order valence-corrected chi connectivity index (χ2v) is 14.8. The number of aryl methyl sites for hydroxylation is 1. The highest BCUT2D eigenvalue weighted by Crippen LogP contribution is 2.48. The Morgan fingerprint density at radius 1 is 1.22 bits per heavy atom. The van der Waals surface area contributed by atoms with E-state index >= 15 is 0 Å². The minimum Gasteiger partial charge on any atom is -0.476 e. The van der Waals surface area contributed by atoms with Crippen LogP contribution >= 0.6 is 11.3 Å². The van der Waals surface area contributed by atoms with E-state index < -0.39 is 11.3 Å². The number of esters is 1. The van der Waals surface area contributed by atoms with Gasteiger partial charge < -0.3 is 34.1 Å². The summed E-state index contributed by atoms with van der Waals surface area (Å²) in [7, 11) is 1.37. The summed E-state index contributed by atoms with van der Waals surface area (Å²) in [5.41, 5.74) is 7.65. The molecule has 0 bridgehead atoms. The van der Waals surface area contributed by atoms with Gasteiger partial charge in [-0.3, -0.25) is 4.79 Å². The molecule has 15 heteroatoms. The number of thiophene rings is 1.